The van der Waals surface area contributed by atoms with Crippen LogP contribution < -0.4 is 14.5 Å². The molecule has 0 fully saturated rings. The summed E-state index contributed by atoms with van der Waals surface area (Å²) in [7, 11) is -2.63. The van der Waals surface area contributed by atoms with Crippen LogP contribution in [-0.2, 0) is 14.8 Å². The van der Waals surface area contributed by atoms with Gasteiger partial charge < -0.3 is 4.74 Å². The second-order valence-electron chi connectivity index (χ2n) is 6.63. The van der Waals surface area contributed by atoms with E-state index in [1.165, 1.54) is 49.6 Å². The maximum absolute atomic E-state index is 13.3. The van der Waals surface area contributed by atoms with Gasteiger partial charge in [0.25, 0.3) is 21.6 Å². The zero-order valence-corrected chi connectivity index (χ0v) is 18.3. The van der Waals surface area contributed by atoms with E-state index in [4.69, 9.17) is 4.74 Å². The molecule has 170 valence electrons. The van der Waals surface area contributed by atoms with Gasteiger partial charge in [-0.25, -0.2) is 13.8 Å². The molecule has 0 heterocycles. The lowest BCUT2D eigenvalue weighted by molar-refractivity contribution is -0.385. The standard InChI is InChI=1S/C22H20N4O6S/c1-32-19-11-13-20(14-12-19)33(30,31)25(18-8-3-2-4-9-18)16-22(27)24-23-15-17-7-5-6-10-21(17)26(28)29/h2-15H,16H2,1H3,(H,24,27)/b23-15-. The number of carbonyl (C=O) groups is 1. The van der Waals surface area contributed by atoms with E-state index in [1.54, 1.807) is 36.4 Å². The summed E-state index contributed by atoms with van der Waals surface area (Å²) in [5.41, 5.74) is 2.52. The van der Waals surface area contributed by atoms with Gasteiger partial charge in [0.1, 0.15) is 12.3 Å². The number of benzene rings is 3. The largest absolute Gasteiger partial charge is 0.497 e. The number of ether oxygens (including phenoxy) is 1. The molecule has 0 spiro atoms. The molecule has 0 saturated heterocycles. The van der Waals surface area contributed by atoms with Gasteiger partial charge in [-0.2, -0.15) is 5.10 Å². The molecule has 0 radical (unpaired) electrons. The van der Waals surface area contributed by atoms with Gasteiger partial charge in [-0.3, -0.25) is 19.2 Å². The van der Waals surface area contributed by atoms with Gasteiger partial charge in [0, 0.05) is 6.07 Å². The highest BCUT2D eigenvalue weighted by atomic mass is 32.2. The summed E-state index contributed by atoms with van der Waals surface area (Å²) < 4.78 is 32.6. The minimum atomic E-state index is -4.09. The Bertz CT molecular complexity index is 1260. The van der Waals surface area contributed by atoms with Crippen molar-refractivity contribution in [2.75, 3.05) is 18.0 Å². The highest BCUT2D eigenvalue weighted by Crippen LogP contribution is 2.24. The molecule has 10 nitrogen and oxygen atoms in total. The minimum absolute atomic E-state index is 0.0247. The Balaban J connectivity index is 1.82. The first-order valence-corrected chi connectivity index (χ1v) is 11.0. The second kappa shape index (κ2) is 10.4. The van der Waals surface area contributed by atoms with Crippen LogP contribution in [0.15, 0.2) is 88.9 Å². The number of para-hydroxylation sites is 2. The molecule has 3 aromatic rings. The van der Waals surface area contributed by atoms with Crippen LogP contribution in [0.2, 0.25) is 0 Å². The van der Waals surface area contributed by atoms with E-state index in [0.717, 1.165) is 10.5 Å². The number of nitrogens with zero attached hydrogens (tertiary/aromatic N) is 3. The van der Waals surface area contributed by atoms with Gasteiger partial charge in [0.2, 0.25) is 0 Å². The van der Waals surface area contributed by atoms with Crippen LogP contribution in [0.4, 0.5) is 11.4 Å². The van der Waals surface area contributed by atoms with Crippen LogP contribution in [0, 0.1) is 10.1 Å². The zero-order valence-electron chi connectivity index (χ0n) is 17.5. The third kappa shape index (κ3) is 5.71. The van der Waals surface area contributed by atoms with E-state index < -0.39 is 27.4 Å². The first-order valence-electron chi connectivity index (χ1n) is 9.60. The van der Waals surface area contributed by atoms with E-state index in [2.05, 4.69) is 10.5 Å². The Labute approximate surface area is 190 Å². The van der Waals surface area contributed by atoms with Crippen molar-refractivity contribution in [3.63, 3.8) is 0 Å². The van der Waals surface area contributed by atoms with Crippen molar-refractivity contribution in [2.24, 2.45) is 5.10 Å². The monoisotopic (exact) mass is 468 g/mol. The number of nitrogens with one attached hydrogen (secondary N) is 1. The van der Waals surface area contributed by atoms with E-state index in [-0.39, 0.29) is 21.8 Å². The molecule has 33 heavy (non-hydrogen) atoms. The van der Waals surface area contributed by atoms with E-state index in [0.29, 0.717) is 5.75 Å². The number of hydrazone groups is 1. The summed E-state index contributed by atoms with van der Waals surface area (Å²) in [6.07, 6.45) is 1.13. The van der Waals surface area contributed by atoms with Crippen LogP contribution in [0.1, 0.15) is 5.56 Å². The molecule has 11 heteroatoms. The average molecular weight is 468 g/mol. The Hall–Kier alpha value is -4.25. The van der Waals surface area contributed by atoms with Gasteiger partial charge in [-0.15, -0.1) is 0 Å². The summed E-state index contributed by atoms with van der Waals surface area (Å²) in [4.78, 5) is 23.0. The average Bonchev–Trinajstić information content (AvgIpc) is 2.83. The highest BCUT2D eigenvalue weighted by Gasteiger charge is 2.27. The summed E-state index contributed by atoms with van der Waals surface area (Å²) in [5.74, 6) is -0.243. The smallest absolute Gasteiger partial charge is 0.278 e. The Morgan fingerprint density at radius 3 is 2.33 bits per heavy atom. The predicted molar refractivity (Wildman–Crippen MR) is 123 cm³/mol. The third-order valence-corrected chi connectivity index (χ3v) is 6.29. The lowest BCUT2D eigenvalue weighted by Crippen LogP contribution is -2.39. The fraction of sp³-hybridized carbons (Fsp3) is 0.0909. The van der Waals surface area contributed by atoms with E-state index in [9.17, 15) is 23.3 Å². The maximum atomic E-state index is 13.3. The molecule has 1 amide bonds. The lowest BCUT2D eigenvalue weighted by Gasteiger charge is -2.23. The van der Waals surface area contributed by atoms with Crippen LogP contribution in [0.3, 0.4) is 0 Å². The topological polar surface area (TPSA) is 131 Å². The first kappa shape index (κ1) is 23.4. The number of sulfonamides is 1. The molecule has 0 aliphatic rings. The summed E-state index contributed by atoms with van der Waals surface area (Å²) >= 11 is 0. The number of carbonyl (C=O) groups excluding carboxylic acids is 1. The summed E-state index contributed by atoms with van der Waals surface area (Å²) in [6, 6.07) is 19.8. The van der Waals surface area contributed by atoms with Crippen molar-refractivity contribution in [1.82, 2.24) is 5.43 Å². The molecular weight excluding hydrogens is 448 g/mol. The fourth-order valence-electron chi connectivity index (χ4n) is 2.89. The van der Waals surface area contributed by atoms with Crippen LogP contribution in [-0.4, -0.2) is 39.1 Å². The van der Waals surface area contributed by atoms with Gasteiger partial charge >= 0.3 is 0 Å². The number of hydrogen-bond acceptors (Lipinski definition) is 7. The molecule has 3 aromatic carbocycles. The fourth-order valence-corrected chi connectivity index (χ4v) is 4.31. The van der Waals surface area contributed by atoms with Crippen molar-refractivity contribution >= 4 is 33.5 Å². The molecule has 0 aromatic heterocycles. The molecule has 0 aliphatic carbocycles. The van der Waals surface area contributed by atoms with Crippen molar-refractivity contribution < 1.29 is 22.9 Å². The maximum Gasteiger partial charge on any atom is 0.278 e. The first-order chi connectivity index (χ1) is 15.8. The van der Waals surface area contributed by atoms with Gasteiger partial charge in [0.05, 0.1) is 34.4 Å². The zero-order chi connectivity index (χ0) is 23.8. The normalized spacial score (nSPS) is 11.2. The second-order valence-corrected chi connectivity index (χ2v) is 8.49. The van der Waals surface area contributed by atoms with E-state index >= 15 is 0 Å². The van der Waals surface area contributed by atoms with Crippen molar-refractivity contribution in [3.8, 4) is 5.75 Å². The quantitative estimate of drug-likeness (QED) is 0.292. The van der Waals surface area contributed by atoms with Crippen LogP contribution >= 0.6 is 0 Å². The molecule has 1 N–H and O–H groups in total. The van der Waals surface area contributed by atoms with Gasteiger partial charge in [-0.1, -0.05) is 30.3 Å². The number of nitro groups is 1. The number of nitro benzene ring substituents is 1. The Morgan fingerprint density at radius 2 is 1.70 bits per heavy atom. The van der Waals surface area contributed by atoms with Crippen molar-refractivity contribution in [1.29, 1.82) is 0 Å². The van der Waals surface area contributed by atoms with E-state index in [1.807, 2.05) is 0 Å². The van der Waals surface area contributed by atoms with Crippen molar-refractivity contribution in [3.05, 3.63) is 94.5 Å². The number of amides is 1. The van der Waals surface area contributed by atoms with Gasteiger partial charge in [-0.05, 0) is 42.5 Å². The molecule has 0 bridgehead atoms. The van der Waals surface area contributed by atoms with Crippen LogP contribution in [0.25, 0.3) is 0 Å². The van der Waals surface area contributed by atoms with Crippen molar-refractivity contribution in [2.45, 2.75) is 4.90 Å². The number of anilines is 1. The third-order valence-electron chi connectivity index (χ3n) is 4.51. The Kier molecular flexibility index (Phi) is 7.36. The van der Waals surface area contributed by atoms with Gasteiger partial charge in [0.15, 0.2) is 0 Å². The summed E-state index contributed by atoms with van der Waals surface area (Å²) in [5, 5.41) is 14.8. The molecule has 0 aliphatic heterocycles. The molecule has 0 unspecified atom stereocenters. The SMILES string of the molecule is COc1ccc(S(=O)(=O)N(CC(=O)N/N=C\c2ccccc2[N+](=O)[O-])c2ccccc2)cc1. The van der Waals surface area contributed by atoms with Crippen LogP contribution in [0.5, 0.6) is 5.75 Å². The highest BCUT2D eigenvalue weighted by molar-refractivity contribution is 7.92. The molecule has 0 atom stereocenters. The predicted octanol–water partition coefficient (Wildman–Crippen LogP) is 2.95. The number of rotatable bonds is 9. The minimum Gasteiger partial charge on any atom is -0.497 e. The summed E-state index contributed by atoms with van der Waals surface area (Å²) in [6.45, 7) is -0.563. The Morgan fingerprint density at radius 1 is 1.06 bits per heavy atom. The lowest BCUT2D eigenvalue weighted by atomic mass is 10.2. The molecule has 0 saturated carbocycles. The molecular formula is C22H20N4O6S. The molecule has 3 rings (SSSR count). The number of methoxy groups -OCH3 is 1. The number of hydrogen-bond donors (Lipinski definition) is 1.